The Hall–Kier alpha value is -3.59. The number of hydrogen-bond donors (Lipinski definition) is 1. The quantitative estimate of drug-likeness (QED) is 0.605. The molecule has 1 aliphatic heterocycles. The number of benzene rings is 2. The Morgan fingerprint density at radius 2 is 1.82 bits per heavy atom. The highest BCUT2D eigenvalue weighted by atomic mass is 16.6. The van der Waals surface area contributed by atoms with E-state index in [1.54, 1.807) is 13.0 Å². The van der Waals surface area contributed by atoms with Crippen molar-refractivity contribution in [1.29, 1.82) is 5.26 Å². The van der Waals surface area contributed by atoms with Gasteiger partial charge in [-0.3, -0.25) is 4.79 Å². The summed E-state index contributed by atoms with van der Waals surface area (Å²) < 4.78 is 5.17. The van der Waals surface area contributed by atoms with Crippen molar-refractivity contribution in [3.05, 3.63) is 70.9 Å². The monoisotopic (exact) mass is 445 g/mol. The maximum absolute atomic E-state index is 13.5. The van der Waals surface area contributed by atoms with E-state index in [1.165, 1.54) is 4.90 Å². The van der Waals surface area contributed by atoms with Gasteiger partial charge in [0.2, 0.25) is 0 Å². The molecule has 0 saturated carbocycles. The number of imide groups is 1. The molecule has 172 valence electrons. The standard InChI is InChI=1S/C27H31N3O3/c1-5-7-12-24-23(25(31)30(26(32)33-6-2)27(3,4)29-24)17-19-13-15-20(16-14-19)22-11-9-8-10-21(22)18-28/h8-11,13-16,29H,5-7,12,17H2,1-4H3. The molecule has 3 rings (SSSR count). The first-order chi connectivity index (χ1) is 15.8. The fourth-order valence-electron chi connectivity index (χ4n) is 4.11. The van der Waals surface area contributed by atoms with E-state index < -0.39 is 11.8 Å². The highest BCUT2D eigenvalue weighted by Gasteiger charge is 2.43. The van der Waals surface area contributed by atoms with E-state index in [2.05, 4.69) is 18.3 Å². The van der Waals surface area contributed by atoms with Crippen molar-refractivity contribution in [2.75, 3.05) is 6.61 Å². The van der Waals surface area contributed by atoms with Gasteiger partial charge in [-0.15, -0.1) is 0 Å². The largest absolute Gasteiger partial charge is 0.449 e. The van der Waals surface area contributed by atoms with Crippen LogP contribution >= 0.6 is 0 Å². The lowest BCUT2D eigenvalue weighted by Crippen LogP contribution is -2.63. The molecule has 0 atom stereocenters. The minimum Gasteiger partial charge on any atom is -0.449 e. The number of amides is 2. The van der Waals surface area contributed by atoms with Gasteiger partial charge in [0, 0.05) is 17.7 Å². The highest BCUT2D eigenvalue weighted by Crippen LogP contribution is 2.30. The van der Waals surface area contributed by atoms with Crippen LogP contribution in [0.1, 0.15) is 58.1 Å². The van der Waals surface area contributed by atoms with Gasteiger partial charge >= 0.3 is 6.09 Å². The van der Waals surface area contributed by atoms with E-state index in [0.717, 1.165) is 41.6 Å². The summed E-state index contributed by atoms with van der Waals surface area (Å²) >= 11 is 0. The van der Waals surface area contributed by atoms with Crippen LogP contribution in [0, 0.1) is 11.3 Å². The molecule has 0 saturated heterocycles. The Labute approximate surface area is 195 Å². The van der Waals surface area contributed by atoms with E-state index in [9.17, 15) is 14.9 Å². The molecule has 1 N–H and O–H groups in total. The van der Waals surface area contributed by atoms with Gasteiger partial charge in [-0.1, -0.05) is 55.8 Å². The van der Waals surface area contributed by atoms with E-state index in [1.807, 2.05) is 56.3 Å². The molecule has 0 bridgehead atoms. The lowest BCUT2D eigenvalue weighted by molar-refractivity contribution is -0.132. The maximum atomic E-state index is 13.5. The van der Waals surface area contributed by atoms with Crippen molar-refractivity contribution in [2.24, 2.45) is 0 Å². The number of carbonyl (C=O) groups excluding carboxylic acids is 2. The zero-order chi connectivity index (χ0) is 24.0. The van der Waals surface area contributed by atoms with Crippen LogP contribution in [0.4, 0.5) is 4.79 Å². The summed E-state index contributed by atoms with van der Waals surface area (Å²) in [6.07, 6.45) is 2.44. The molecule has 2 aromatic carbocycles. The second-order valence-electron chi connectivity index (χ2n) is 8.62. The smallest absolute Gasteiger partial charge is 0.418 e. The van der Waals surface area contributed by atoms with E-state index in [0.29, 0.717) is 17.6 Å². The molecule has 33 heavy (non-hydrogen) atoms. The molecule has 0 aliphatic carbocycles. The molecule has 0 radical (unpaired) electrons. The van der Waals surface area contributed by atoms with Crippen molar-refractivity contribution in [1.82, 2.24) is 10.2 Å². The lowest BCUT2D eigenvalue weighted by atomic mass is 9.93. The van der Waals surface area contributed by atoms with Gasteiger partial charge in [0.05, 0.1) is 18.2 Å². The summed E-state index contributed by atoms with van der Waals surface area (Å²) in [5.74, 6) is -0.317. The second-order valence-corrected chi connectivity index (χ2v) is 8.62. The van der Waals surface area contributed by atoms with Crippen molar-refractivity contribution in [2.45, 2.75) is 59.0 Å². The van der Waals surface area contributed by atoms with Gasteiger partial charge in [-0.05, 0) is 56.4 Å². The number of hydrogen-bond acceptors (Lipinski definition) is 5. The number of nitrogens with one attached hydrogen (secondary N) is 1. The van der Waals surface area contributed by atoms with Gasteiger partial charge in [0.1, 0.15) is 5.66 Å². The number of carbonyl (C=O) groups is 2. The van der Waals surface area contributed by atoms with Gasteiger partial charge in [-0.25, -0.2) is 9.69 Å². The Morgan fingerprint density at radius 3 is 2.45 bits per heavy atom. The third kappa shape index (κ3) is 5.25. The minimum atomic E-state index is -0.874. The van der Waals surface area contributed by atoms with E-state index in [4.69, 9.17) is 4.74 Å². The first kappa shape index (κ1) is 24.1. The summed E-state index contributed by atoms with van der Waals surface area (Å²) in [6.45, 7) is 7.66. The summed E-state index contributed by atoms with van der Waals surface area (Å²) in [4.78, 5) is 27.3. The minimum absolute atomic E-state index is 0.200. The first-order valence-electron chi connectivity index (χ1n) is 11.4. The molecular weight excluding hydrogens is 414 g/mol. The topological polar surface area (TPSA) is 82.4 Å². The molecule has 0 aromatic heterocycles. The van der Waals surface area contributed by atoms with Crippen LogP contribution in [-0.4, -0.2) is 29.2 Å². The lowest BCUT2D eigenvalue weighted by Gasteiger charge is -2.43. The van der Waals surface area contributed by atoms with Crippen LogP contribution in [-0.2, 0) is 16.0 Å². The van der Waals surface area contributed by atoms with Gasteiger partial charge in [0.25, 0.3) is 5.91 Å². The summed E-state index contributed by atoms with van der Waals surface area (Å²) in [6, 6.07) is 17.6. The number of allylic oxidation sites excluding steroid dienone is 1. The van der Waals surface area contributed by atoms with Crippen molar-refractivity contribution < 1.29 is 14.3 Å². The fraction of sp³-hybridized carbons (Fsp3) is 0.370. The predicted octanol–water partition coefficient (Wildman–Crippen LogP) is 5.54. The van der Waals surface area contributed by atoms with Gasteiger partial charge in [0.15, 0.2) is 0 Å². The van der Waals surface area contributed by atoms with Crippen LogP contribution in [0.25, 0.3) is 11.1 Å². The number of rotatable bonds is 7. The molecule has 2 amide bonds. The SMILES string of the molecule is CCCCC1=C(Cc2ccc(-c3ccccc3C#N)cc2)C(=O)N(C(=O)OCC)C(C)(C)N1. The average molecular weight is 446 g/mol. The van der Waals surface area contributed by atoms with Crippen molar-refractivity contribution in [3.8, 4) is 17.2 Å². The van der Waals surface area contributed by atoms with Gasteiger partial charge in [-0.2, -0.15) is 5.26 Å². The molecular formula is C27H31N3O3. The molecule has 1 heterocycles. The van der Waals surface area contributed by atoms with Crippen LogP contribution in [0.3, 0.4) is 0 Å². The zero-order valence-electron chi connectivity index (χ0n) is 19.8. The molecule has 1 aliphatic rings. The fourth-order valence-corrected chi connectivity index (χ4v) is 4.11. The Kier molecular flexibility index (Phi) is 7.55. The third-order valence-electron chi connectivity index (χ3n) is 5.77. The van der Waals surface area contributed by atoms with Gasteiger partial charge < -0.3 is 10.1 Å². The highest BCUT2D eigenvalue weighted by molar-refractivity contribution is 6.04. The number of unbranched alkanes of at least 4 members (excludes halogenated alkanes) is 1. The molecule has 0 fully saturated rings. The Bertz CT molecular complexity index is 1090. The summed E-state index contributed by atoms with van der Waals surface area (Å²) in [5, 5.41) is 12.8. The van der Waals surface area contributed by atoms with E-state index in [-0.39, 0.29) is 12.5 Å². The predicted molar refractivity (Wildman–Crippen MR) is 128 cm³/mol. The number of ether oxygens (including phenoxy) is 1. The average Bonchev–Trinajstić information content (AvgIpc) is 2.80. The normalized spacial score (nSPS) is 15.1. The molecule has 2 aromatic rings. The molecule has 6 nitrogen and oxygen atoms in total. The van der Waals surface area contributed by atoms with Crippen LogP contribution in [0.15, 0.2) is 59.8 Å². The number of nitriles is 1. The van der Waals surface area contributed by atoms with Crippen LogP contribution in [0.2, 0.25) is 0 Å². The first-order valence-corrected chi connectivity index (χ1v) is 11.4. The molecule has 6 heteroatoms. The molecule has 0 unspecified atom stereocenters. The Morgan fingerprint density at radius 1 is 1.12 bits per heavy atom. The third-order valence-corrected chi connectivity index (χ3v) is 5.77. The van der Waals surface area contributed by atoms with Crippen LogP contribution < -0.4 is 5.32 Å². The van der Waals surface area contributed by atoms with Crippen molar-refractivity contribution in [3.63, 3.8) is 0 Å². The van der Waals surface area contributed by atoms with E-state index >= 15 is 0 Å². The Balaban J connectivity index is 1.94. The second kappa shape index (κ2) is 10.4. The van der Waals surface area contributed by atoms with Crippen molar-refractivity contribution >= 4 is 12.0 Å². The van der Waals surface area contributed by atoms with Crippen LogP contribution in [0.5, 0.6) is 0 Å². The zero-order valence-corrected chi connectivity index (χ0v) is 19.8. The number of nitrogens with zero attached hydrogens (tertiary/aromatic N) is 2. The summed E-state index contributed by atoms with van der Waals surface area (Å²) in [5.41, 5.74) is 3.98. The maximum Gasteiger partial charge on any atom is 0.418 e. The molecule has 0 spiro atoms. The summed E-state index contributed by atoms with van der Waals surface area (Å²) in [7, 11) is 0.